The van der Waals surface area contributed by atoms with Crippen LogP contribution in [0, 0.1) is 33.1 Å². The normalized spacial score (nSPS) is 16.7. The summed E-state index contributed by atoms with van der Waals surface area (Å²) in [5.74, 6) is -0.416. The fourth-order valence-corrected chi connectivity index (χ4v) is 5.16. The maximum Gasteiger partial charge on any atom is 0.283 e. The van der Waals surface area contributed by atoms with E-state index in [0.29, 0.717) is 10.2 Å². The van der Waals surface area contributed by atoms with Crippen molar-refractivity contribution in [2.24, 2.45) is 10.1 Å². The van der Waals surface area contributed by atoms with Crippen molar-refractivity contribution >= 4 is 51.4 Å². The van der Waals surface area contributed by atoms with Crippen molar-refractivity contribution in [2.75, 3.05) is 0 Å². The zero-order chi connectivity index (χ0) is 24.1. The van der Waals surface area contributed by atoms with Crippen molar-refractivity contribution in [1.29, 1.82) is 5.41 Å². The number of carbonyl (C=O) groups excluding carboxylic acids is 1. The Morgan fingerprint density at radius 1 is 1.06 bits per heavy atom. The fourth-order valence-electron chi connectivity index (χ4n) is 4.09. The highest BCUT2D eigenvalue weighted by Gasteiger charge is 2.36. The Hall–Kier alpha value is -3.42. The highest BCUT2D eigenvalue weighted by molar-refractivity contribution is 8.27. The Morgan fingerprint density at radius 2 is 1.85 bits per heavy atom. The number of nitrogens with zero attached hydrogens (tertiary/aromatic N) is 4. The number of aryl methyl sites for hydroxylation is 3. The standard InChI is InChI=1S/C26H22ClN5OS/c1-14-6-5-7-18(10-14)25-30-32-23(28)21(24(33)29-26(32)34-25)12-19-11-16(3)31(17(19)4)20-9-8-15(2)22(27)13-20/h5-13,28H,1-4H3/b21-12-,28-23?. The summed E-state index contributed by atoms with van der Waals surface area (Å²) < 4.78 is 2.09. The molecule has 6 nitrogen and oxygen atoms in total. The largest absolute Gasteiger partial charge is 0.318 e. The number of thioether (sulfide) groups is 1. The van der Waals surface area contributed by atoms with Crippen molar-refractivity contribution in [1.82, 2.24) is 9.58 Å². The molecule has 0 saturated carbocycles. The molecule has 3 aromatic rings. The smallest absolute Gasteiger partial charge is 0.283 e. The van der Waals surface area contributed by atoms with Crippen molar-refractivity contribution in [2.45, 2.75) is 27.7 Å². The molecule has 0 atom stereocenters. The van der Waals surface area contributed by atoms with Gasteiger partial charge in [0.05, 0.1) is 5.57 Å². The molecule has 0 saturated heterocycles. The average molecular weight is 488 g/mol. The summed E-state index contributed by atoms with van der Waals surface area (Å²) in [6, 6.07) is 15.9. The van der Waals surface area contributed by atoms with Gasteiger partial charge in [-0.15, -0.1) is 0 Å². The van der Waals surface area contributed by atoms with Crippen LogP contribution in [0.15, 0.2) is 64.2 Å². The lowest BCUT2D eigenvalue weighted by atomic mass is 10.1. The second-order valence-corrected chi connectivity index (χ2v) is 9.75. The summed E-state index contributed by atoms with van der Waals surface area (Å²) in [6.07, 6.45) is 1.73. The van der Waals surface area contributed by atoms with Crippen LogP contribution in [0.2, 0.25) is 5.02 Å². The molecule has 2 aliphatic heterocycles. The van der Waals surface area contributed by atoms with E-state index in [1.165, 1.54) is 16.8 Å². The molecule has 170 valence electrons. The third-order valence-electron chi connectivity index (χ3n) is 5.90. The van der Waals surface area contributed by atoms with Gasteiger partial charge in [0, 0.05) is 27.7 Å². The molecule has 1 N–H and O–H groups in total. The minimum atomic E-state index is -0.437. The maximum absolute atomic E-state index is 12.9. The van der Waals surface area contributed by atoms with E-state index in [1.54, 1.807) is 6.08 Å². The number of rotatable bonds is 3. The van der Waals surface area contributed by atoms with E-state index in [0.717, 1.165) is 44.4 Å². The molecule has 1 aromatic heterocycles. The van der Waals surface area contributed by atoms with E-state index in [1.807, 2.05) is 76.2 Å². The number of aliphatic imine (C=N–C) groups is 1. The Balaban J connectivity index is 1.51. The summed E-state index contributed by atoms with van der Waals surface area (Å²) in [4.78, 5) is 17.1. The van der Waals surface area contributed by atoms with Crippen LogP contribution in [0.25, 0.3) is 11.8 Å². The molecule has 34 heavy (non-hydrogen) atoms. The average Bonchev–Trinajstić information content (AvgIpc) is 3.34. The fraction of sp³-hybridized carbons (Fsp3) is 0.154. The van der Waals surface area contributed by atoms with Crippen LogP contribution in [0.4, 0.5) is 0 Å². The highest BCUT2D eigenvalue weighted by atomic mass is 35.5. The molecule has 0 bridgehead atoms. The second-order valence-electron chi connectivity index (χ2n) is 8.39. The van der Waals surface area contributed by atoms with Gasteiger partial charge in [0.15, 0.2) is 5.84 Å². The summed E-state index contributed by atoms with van der Waals surface area (Å²) in [5, 5.41) is 16.6. The molecular weight excluding hydrogens is 466 g/mol. The van der Waals surface area contributed by atoms with Crippen LogP contribution in [0.3, 0.4) is 0 Å². The lowest BCUT2D eigenvalue weighted by Crippen LogP contribution is -2.35. The first-order valence-electron chi connectivity index (χ1n) is 10.8. The predicted octanol–water partition coefficient (Wildman–Crippen LogP) is 6.03. The minimum absolute atomic E-state index is 0.0216. The summed E-state index contributed by atoms with van der Waals surface area (Å²) in [5.41, 5.74) is 7.01. The molecule has 3 heterocycles. The van der Waals surface area contributed by atoms with Gasteiger partial charge >= 0.3 is 0 Å². The van der Waals surface area contributed by atoms with Crippen LogP contribution in [0.1, 0.15) is 33.6 Å². The van der Waals surface area contributed by atoms with Gasteiger partial charge in [-0.3, -0.25) is 10.2 Å². The third kappa shape index (κ3) is 3.81. The molecule has 2 aromatic carbocycles. The topological polar surface area (TPSA) is 73.8 Å². The zero-order valence-electron chi connectivity index (χ0n) is 19.2. The van der Waals surface area contributed by atoms with Crippen LogP contribution < -0.4 is 0 Å². The molecule has 0 unspecified atom stereocenters. The SMILES string of the molecule is Cc1cccc(C2=NN3C(=N)/C(=C/c4cc(C)n(-c5ccc(C)c(Cl)c5)c4C)C(=O)N=C3S2)c1. The number of carbonyl (C=O) groups is 1. The first-order chi connectivity index (χ1) is 16.2. The first-order valence-corrected chi connectivity index (χ1v) is 11.9. The Morgan fingerprint density at radius 3 is 2.59 bits per heavy atom. The molecule has 5 rings (SSSR count). The van der Waals surface area contributed by atoms with Crippen LogP contribution in [0.5, 0.6) is 0 Å². The quantitative estimate of drug-likeness (QED) is 0.458. The van der Waals surface area contributed by atoms with Crippen molar-refractivity contribution in [3.05, 3.63) is 92.8 Å². The summed E-state index contributed by atoms with van der Waals surface area (Å²) in [7, 11) is 0. The van der Waals surface area contributed by atoms with Gasteiger partial charge in [-0.25, -0.2) is 0 Å². The van der Waals surface area contributed by atoms with Crippen molar-refractivity contribution in [3.8, 4) is 5.69 Å². The number of hydrogen-bond acceptors (Lipinski definition) is 4. The third-order valence-corrected chi connectivity index (χ3v) is 7.27. The van der Waals surface area contributed by atoms with E-state index in [4.69, 9.17) is 17.0 Å². The summed E-state index contributed by atoms with van der Waals surface area (Å²) >= 11 is 7.65. The maximum atomic E-state index is 12.9. The number of amidine groups is 2. The number of aromatic nitrogens is 1. The van der Waals surface area contributed by atoms with Crippen molar-refractivity contribution in [3.63, 3.8) is 0 Å². The Kier molecular flexibility index (Phi) is 5.54. The molecular formula is C26H22ClN5OS. The number of benzene rings is 2. The van der Waals surface area contributed by atoms with Gasteiger partial charge < -0.3 is 4.57 Å². The molecule has 1 amide bonds. The molecule has 0 fully saturated rings. The lowest BCUT2D eigenvalue weighted by molar-refractivity contribution is -0.114. The lowest BCUT2D eigenvalue weighted by Gasteiger charge is -2.20. The van der Waals surface area contributed by atoms with Gasteiger partial charge in [0.25, 0.3) is 5.91 Å². The van der Waals surface area contributed by atoms with Crippen molar-refractivity contribution < 1.29 is 4.79 Å². The van der Waals surface area contributed by atoms with E-state index in [9.17, 15) is 4.79 Å². The number of halogens is 1. The molecule has 0 spiro atoms. The zero-order valence-corrected chi connectivity index (χ0v) is 20.8. The molecule has 0 radical (unpaired) electrons. The van der Waals surface area contributed by atoms with Crippen LogP contribution >= 0.6 is 23.4 Å². The minimum Gasteiger partial charge on any atom is -0.318 e. The van der Waals surface area contributed by atoms with E-state index in [2.05, 4.69) is 14.7 Å². The van der Waals surface area contributed by atoms with Crippen LogP contribution in [-0.4, -0.2) is 31.5 Å². The van der Waals surface area contributed by atoms with E-state index >= 15 is 0 Å². The van der Waals surface area contributed by atoms with Gasteiger partial charge in [-0.05, 0) is 80.9 Å². The number of hydrazone groups is 1. The number of nitrogens with one attached hydrogen (secondary N) is 1. The monoisotopic (exact) mass is 487 g/mol. The van der Waals surface area contributed by atoms with E-state index in [-0.39, 0.29) is 11.4 Å². The molecule has 2 aliphatic rings. The van der Waals surface area contributed by atoms with Gasteiger partial charge in [-0.1, -0.05) is 41.4 Å². The number of hydrogen-bond donors (Lipinski definition) is 1. The Bertz CT molecular complexity index is 1480. The molecule has 8 heteroatoms. The highest BCUT2D eigenvalue weighted by Crippen LogP contribution is 2.32. The molecule has 0 aliphatic carbocycles. The Labute approximate surface area is 207 Å². The first kappa shape index (κ1) is 22.4. The van der Waals surface area contributed by atoms with Gasteiger partial charge in [0.1, 0.15) is 5.04 Å². The van der Waals surface area contributed by atoms with Gasteiger partial charge in [0.2, 0.25) is 5.17 Å². The van der Waals surface area contributed by atoms with E-state index < -0.39 is 5.91 Å². The van der Waals surface area contributed by atoms with Crippen LogP contribution in [-0.2, 0) is 4.79 Å². The second kappa shape index (κ2) is 8.42. The summed E-state index contributed by atoms with van der Waals surface area (Å²) in [6.45, 7) is 7.97. The number of amides is 1. The van der Waals surface area contributed by atoms with Gasteiger partial charge in [-0.2, -0.15) is 15.1 Å². The number of fused-ring (bicyclic) bond motifs is 1. The predicted molar refractivity (Wildman–Crippen MR) is 140 cm³/mol.